The average Bonchev–Trinajstić information content (AvgIpc) is 3.19. The highest BCUT2D eigenvalue weighted by Crippen LogP contribution is 2.25. The van der Waals surface area contributed by atoms with Gasteiger partial charge in [0.15, 0.2) is 0 Å². The van der Waals surface area contributed by atoms with Gasteiger partial charge in [-0.3, -0.25) is 14.0 Å². The standard InChI is InChI=1S/C19H24N4O4/c1-11(6-7-24)21(4)18(25)15-9-23-10-16(14-8-12(2)27-13(14)3)22(5)19(26)17(23)20-15/h8-11,24H,6-7H2,1-5H3/t11-/m0/s1. The first-order valence-electron chi connectivity index (χ1n) is 8.78. The van der Waals surface area contributed by atoms with Crippen LogP contribution in [0.25, 0.3) is 16.9 Å². The normalized spacial score (nSPS) is 12.5. The fourth-order valence-electron chi connectivity index (χ4n) is 3.13. The van der Waals surface area contributed by atoms with Crippen molar-refractivity contribution in [2.24, 2.45) is 7.05 Å². The van der Waals surface area contributed by atoms with Gasteiger partial charge in [0, 0.05) is 44.7 Å². The van der Waals surface area contributed by atoms with Crippen molar-refractivity contribution in [3.05, 3.63) is 46.0 Å². The number of aryl methyl sites for hydroxylation is 2. The lowest BCUT2D eigenvalue weighted by Crippen LogP contribution is -2.35. The zero-order valence-corrected chi connectivity index (χ0v) is 16.2. The van der Waals surface area contributed by atoms with Crippen LogP contribution in [-0.4, -0.2) is 49.6 Å². The van der Waals surface area contributed by atoms with E-state index in [1.54, 1.807) is 30.9 Å². The van der Waals surface area contributed by atoms with Gasteiger partial charge in [-0.25, -0.2) is 4.98 Å². The molecule has 0 aromatic carbocycles. The van der Waals surface area contributed by atoms with Gasteiger partial charge in [-0.05, 0) is 33.3 Å². The predicted octanol–water partition coefficient (Wildman–Crippen LogP) is 1.75. The van der Waals surface area contributed by atoms with E-state index in [1.165, 1.54) is 9.47 Å². The third kappa shape index (κ3) is 3.28. The Morgan fingerprint density at radius 1 is 1.37 bits per heavy atom. The van der Waals surface area contributed by atoms with Crippen LogP contribution in [0.15, 0.2) is 27.7 Å². The Balaban J connectivity index is 2.08. The summed E-state index contributed by atoms with van der Waals surface area (Å²) < 4.78 is 8.67. The van der Waals surface area contributed by atoms with Crippen LogP contribution in [0.2, 0.25) is 0 Å². The third-order valence-corrected chi connectivity index (χ3v) is 4.92. The van der Waals surface area contributed by atoms with Crippen LogP contribution in [0.5, 0.6) is 0 Å². The first-order valence-corrected chi connectivity index (χ1v) is 8.78. The number of nitrogens with zero attached hydrogens (tertiary/aromatic N) is 4. The van der Waals surface area contributed by atoms with Crippen LogP contribution in [-0.2, 0) is 7.05 Å². The van der Waals surface area contributed by atoms with Crippen molar-refractivity contribution in [2.75, 3.05) is 13.7 Å². The number of aromatic nitrogens is 3. The second kappa shape index (κ2) is 7.03. The minimum absolute atomic E-state index is 0.00266. The summed E-state index contributed by atoms with van der Waals surface area (Å²) in [6, 6.07) is 1.74. The van der Waals surface area contributed by atoms with Crippen molar-refractivity contribution in [3.63, 3.8) is 0 Å². The maximum absolute atomic E-state index is 12.8. The molecule has 0 aliphatic heterocycles. The second-order valence-electron chi connectivity index (χ2n) is 6.84. The molecule has 0 saturated carbocycles. The fourth-order valence-corrected chi connectivity index (χ4v) is 3.13. The molecule has 0 unspecified atom stereocenters. The van der Waals surface area contributed by atoms with Crippen LogP contribution in [0.1, 0.15) is 35.4 Å². The van der Waals surface area contributed by atoms with Crippen molar-refractivity contribution in [2.45, 2.75) is 33.2 Å². The van der Waals surface area contributed by atoms with Crippen LogP contribution >= 0.6 is 0 Å². The van der Waals surface area contributed by atoms with Gasteiger partial charge >= 0.3 is 0 Å². The lowest BCUT2D eigenvalue weighted by atomic mass is 10.2. The zero-order valence-electron chi connectivity index (χ0n) is 16.2. The molecule has 3 heterocycles. The molecule has 27 heavy (non-hydrogen) atoms. The highest BCUT2D eigenvalue weighted by Gasteiger charge is 2.22. The highest BCUT2D eigenvalue weighted by molar-refractivity contribution is 5.93. The van der Waals surface area contributed by atoms with E-state index >= 15 is 0 Å². The number of hydrogen-bond acceptors (Lipinski definition) is 5. The molecule has 0 spiro atoms. The molecular formula is C19H24N4O4. The van der Waals surface area contributed by atoms with Crippen molar-refractivity contribution < 1.29 is 14.3 Å². The summed E-state index contributed by atoms with van der Waals surface area (Å²) in [4.78, 5) is 31.2. The molecule has 8 nitrogen and oxygen atoms in total. The summed E-state index contributed by atoms with van der Waals surface area (Å²) >= 11 is 0. The molecule has 1 amide bonds. The molecule has 8 heteroatoms. The first kappa shape index (κ1) is 18.9. The smallest absolute Gasteiger partial charge is 0.294 e. The van der Waals surface area contributed by atoms with E-state index in [-0.39, 0.29) is 35.5 Å². The summed E-state index contributed by atoms with van der Waals surface area (Å²) in [5.74, 6) is 1.19. The van der Waals surface area contributed by atoms with E-state index in [9.17, 15) is 9.59 Å². The van der Waals surface area contributed by atoms with Crippen LogP contribution in [0.4, 0.5) is 0 Å². The zero-order chi connectivity index (χ0) is 19.9. The SMILES string of the molecule is Cc1cc(-c2cn3cc(C(=O)N(C)[C@@H](C)CCO)nc3c(=O)n2C)c(C)o1. The lowest BCUT2D eigenvalue weighted by Gasteiger charge is -2.23. The summed E-state index contributed by atoms with van der Waals surface area (Å²) in [7, 11) is 3.33. The van der Waals surface area contributed by atoms with Crippen LogP contribution in [0.3, 0.4) is 0 Å². The molecule has 3 rings (SSSR count). The van der Waals surface area contributed by atoms with Crippen molar-refractivity contribution in [1.29, 1.82) is 0 Å². The van der Waals surface area contributed by atoms with Gasteiger partial charge in [0.05, 0.1) is 5.69 Å². The number of aliphatic hydroxyl groups excluding tert-OH is 1. The average molecular weight is 372 g/mol. The molecule has 1 N–H and O–H groups in total. The second-order valence-corrected chi connectivity index (χ2v) is 6.84. The monoisotopic (exact) mass is 372 g/mol. The quantitative estimate of drug-likeness (QED) is 0.737. The van der Waals surface area contributed by atoms with Crippen molar-refractivity contribution in [3.8, 4) is 11.3 Å². The Labute approximate surface area is 156 Å². The van der Waals surface area contributed by atoms with E-state index in [0.29, 0.717) is 12.1 Å². The highest BCUT2D eigenvalue weighted by atomic mass is 16.3. The van der Waals surface area contributed by atoms with Gasteiger partial charge in [-0.2, -0.15) is 0 Å². The number of imidazole rings is 1. The number of hydrogen-bond donors (Lipinski definition) is 1. The molecule has 0 aliphatic rings. The molecule has 1 atom stereocenters. The Hall–Kier alpha value is -2.87. The lowest BCUT2D eigenvalue weighted by molar-refractivity contribution is 0.0717. The van der Waals surface area contributed by atoms with Gasteiger partial charge < -0.3 is 19.0 Å². The Morgan fingerprint density at radius 3 is 2.67 bits per heavy atom. The van der Waals surface area contributed by atoms with Gasteiger partial charge in [0.25, 0.3) is 11.5 Å². The number of rotatable bonds is 5. The van der Waals surface area contributed by atoms with Gasteiger partial charge in [-0.1, -0.05) is 0 Å². The van der Waals surface area contributed by atoms with Crippen LogP contribution in [0, 0.1) is 13.8 Å². The minimum Gasteiger partial charge on any atom is -0.466 e. The molecule has 144 valence electrons. The molecule has 0 radical (unpaired) electrons. The molecule has 0 aliphatic carbocycles. The number of amides is 1. The number of carbonyl (C=O) groups excluding carboxylic acids is 1. The number of carbonyl (C=O) groups is 1. The fraction of sp³-hybridized carbons (Fsp3) is 0.421. The summed E-state index contributed by atoms with van der Waals surface area (Å²) in [6.07, 6.45) is 3.81. The van der Waals surface area contributed by atoms with Gasteiger partial charge in [-0.15, -0.1) is 0 Å². The molecule has 0 fully saturated rings. The minimum atomic E-state index is -0.295. The summed E-state index contributed by atoms with van der Waals surface area (Å²) in [5, 5.41) is 9.07. The van der Waals surface area contributed by atoms with Gasteiger partial charge in [0.1, 0.15) is 17.2 Å². The maximum atomic E-state index is 12.8. The largest absolute Gasteiger partial charge is 0.466 e. The maximum Gasteiger partial charge on any atom is 0.294 e. The Kier molecular flexibility index (Phi) is 4.93. The topological polar surface area (TPSA) is 93.0 Å². The number of furan rings is 1. The molecule has 0 bridgehead atoms. The van der Waals surface area contributed by atoms with Crippen LogP contribution < -0.4 is 5.56 Å². The predicted molar refractivity (Wildman–Crippen MR) is 101 cm³/mol. The Morgan fingerprint density at radius 2 is 2.07 bits per heavy atom. The van der Waals surface area contributed by atoms with E-state index in [0.717, 1.165) is 17.1 Å². The molecule has 3 aromatic rings. The van der Waals surface area contributed by atoms with E-state index in [1.807, 2.05) is 26.8 Å². The molecule has 0 saturated heterocycles. The van der Waals surface area contributed by atoms with E-state index in [4.69, 9.17) is 9.52 Å². The third-order valence-electron chi connectivity index (χ3n) is 4.92. The summed E-state index contributed by atoms with van der Waals surface area (Å²) in [5.41, 5.74) is 1.59. The number of aliphatic hydroxyl groups is 1. The van der Waals surface area contributed by atoms with E-state index in [2.05, 4.69) is 4.98 Å². The number of fused-ring (bicyclic) bond motifs is 1. The van der Waals surface area contributed by atoms with Gasteiger partial charge in [0.2, 0.25) is 5.65 Å². The Bertz CT molecular complexity index is 1060. The molecular weight excluding hydrogens is 348 g/mol. The van der Waals surface area contributed by atoms with E-state index < -0.39 is 0 Å². The molecule has 3 aromatic heterocycles. The van der Waals surface area contributed by atoms with Crippen molar-refractivity contribution in [1.82, 2.24) is 18.9 Å². The first-order chi connectivity index (χ1) is 12.7. The summed E-state index contributed by atoms with van der Waals surface area (Å²) in [6.45, 7) is 5.55. The van der Waals surface area contributed by atoms with Crippen molar-refractivity contribution >= 4 is 11.6 Å².